The lowest BCUT2D eigenvalue weighted by Gasteiger charge is -2.02. The van der Waals surface area contributed by atoms with Crippen LogP contribution < -0.4 is 5.32 Å². The smallest absolute Gasteiger partial charge is 0.260 e. The van der Waals surface area contributed by atoms with E-state index >= 15 is 0 Å². The predicted octanol–water partition coefficient (Wildman–Crippen LogP) is 1.80. The van der Waals surface area contributed by atoms with Gasteiger partial charge >= 0.3 is 0 Å². The topological polar surface area (TPSA) is 78.9 Å². The maximum absolute atomic E-state index is 11.6. The number of carbonyl (C=O) groups is 1. The summed E-state index contributed by atoms with van der Waals surface area (Å²) >= 11 is 0. The van der Waals surface area contributed by atoms with Crippen molar-refractivity contribution < 1.29 is 9.32 Å². The maximum atomic E-state index is 11.6. The van der Waals surface area contributed by atoms with Crippen LogP contribution in [0.25, 0.3) is 0 Å². The number of nitrogens with zero attached hydrogens (tertiary/aromatic N) is 2. The van der Waals surface area contributed by atoms with Gasteiger partial charge in [0.1, 0.15) is 6.26 Å². The van der Waals surface area contributed by atoms with Gasteiger partial charge in [0.2, 0.25) is 0 Å². The van der Waals surface area contributed by atoms with Crippen LogP contribution in [0.3, 0.4) is 0 Å². The zero-order valence-electron chi connectivity index (χ0n) is 8.18. The second-order valence-corrected chi connectivity index (χ2v) is 3.06. The molecule has 78 valence electrons. The van der Waals surface area contributed by atoms with Crippen molar-refractivity contribution in [3.8, 4) is 6.07 Å². The molecule has 2 rings (SSSR count). The van der Waals surface area contributed by atoms with E-state index in [1.54, 1.807) is 24.3 Å². The van der Waals surface area contributed by atoms with E-state index in [0.717, 1.165) is 0 Å². The molecule has 0 radical (unpaired) electrons. The SMILES string of the molecule is N#Cc1cccc(NC(=O)c2cnoc2)c1. The fourth-order valence-corrected chi connectivity index (χ4v) is 1.19. The molecule has 5 nitrogen and oxygen atoms in total. The van der Waals surface area contributed by atoms with Gasteiger partial charge in [0.05, 0.1) is 23.4 Å². The highest BCUT2D eigenvalue weighted by Crippen LogP contribution is 2.11. The molecule has 5 heteroatoms. The van der Waals surface area contributed by atoms with Crippen molar-refractivity contribution in [2.24, 2.45) is 0 Å². The summed E-state index contributed by atoms with van der Waals surface area (Å²) in [6, 6.07) is 8.64. The second kappa shape index (κ2) is 4.28. The Kier molecular flexibility index (Phi) is 2.65. The molecule has 2 aromatic rings. The van der Waals surface area contributed by atoms with E-state index in [-0.39, 0.29) is 5.91 Å². The molecular weight excluding hydrogens is 206 g/mol. The molecule has 0 saturated carbocycles. The van der Waals surface area contributed by atoms with Crippen LogP contribution in [0.5, 0.6) is 0 Å². The summed E-state index contributed by atoms with van der Waals surface area (Å²) in [6.45, 7) is 0. The fourth-order valence-electron chi connectivity index (χ4n) is 1.19. The number of rotatable bonds is 2. The minimum absolute atomic E-state index is 0.323. The van der Waals surface area contributed by atoms with Gasteiger partial charge in [0, 0.05) is 5.69 Å². The summed E-state index contributed by atoms with van der Waals surface area (Å²) in [5, 5.41) is 14.8. The van der Waals surface area contributed by atoms with Crippen LogP contribution in [0, 0.1) is 11.3 Å². The van der Waals surface area contributed by atoms with Crippen LogP contribution in [-0.2, 0) is 0 Å². The number of amides is 1. The zero-order valence-corrected chi connectivity index (χ0v) is 8.18. The van der Waals surface area contributed by atoms with Crippen molar-refractivity contribution >= 4 is 11.6 Å². The van der Waals surface area contributed by atoms with Crippen LogP contribution >= 0.6 is 0 Å². The first-order valence-corrected chi connectivity index (χ1v) is 4.50. The monoisotopic (exact) mass is 213 g/mol. The standard InChI is InChI=1S/C11H7N3O2/c12-5-8-2-1-3-10(4-8)14-11(15)9-6-13-16-7-9/h1-4,6-7H,(H,14,15). The number of hydrogen-bond donors (Lipinski definition) is 1. The van der Waals surface area contributed by atoms with Gasteiger partial charge in [-0.15, -0.1) is 0 Å². The first kappa shape index (κ1) is 9.93. The summed E-state index contributed by atoms with van der Waals surface area (Å²) in [5.41, 5.74) is 1.38. The molecule has 0 aliphatic heterocycles. The molecule has 0 saturated heterocycles. The highest BCUT2D eigenvalue weighted by molar-refractivity contribution is 6.03. The zero-order chi connectivity index (χ0) is 11.4. The van der Waals surface area contributed by atoms with Gasteiger partial charge in [0.25, 0.3) is 5.91 Å². The molecule has 0 bridgehead atoms. The van der Waals surface area contributed by atoms with Crippen LogP contribution in [-0.4, -0.2) is 11.1 Å². The summed E-state index contributed by atoms with van der Waals surface area (Å²) in [4.78, 5) is 11.6. The highest BCUT2D eigenvalue weighted by Gasteiger charge is 2.07. The normalized spacial score (nSPS) is 9.44. The van der Waals surface area contributed by atoms with E-state index in [1.807, 2.05) is 6.07 Å². The summed E-state index contributed by atoms with van der Waals surface area (Å²) in [6.07, 6.45) is 2.58. The Morgan fingerprint density at radius 2 is 2.38 bits per heavy atom. The Morgan fingerprint density at radius 3 is 3.06 bits per heavy atom. The van der Waals surface area contributed by atoms with E-state index in [9.17, 15) is 4.79 Å². The molecule has 1 amide bonds. The summed E-state index contributed by atoms with van der Waals surface area (Å²) in [5.74, 6) is -0.323. The third-order valence-electron chi connectivity index (χ3n) is 1.94. The molecule has 0 atom stereocenters. The molecule has 0 spiro atoms. The van der Waals surface area contributed by atoms with Gasteiger partial charge in [0.15, 0.2) is 0 Å². The lowest BCUT2D eigenvalue weighted by molar-refractivity contribution is 0.102. The van der Waals surface area contributed by atoms with Crippen LogP contribution in [0.2, 0.25) is 0 Å². The molecular formula is C11H7N3O2. The van der Waals surface area contributed by atoms with Gasteiger partial charge in [-0.2, -0.15) is 5.26 Å². The third-order valence-corrected chi connectivity index (χ3v) is 1.94. The average Bonchev–Trinajstić information content (AvgIpc) is 2.83. The molecule has 0 unspecified atom stereocenters. The number of hydrogen-bond acceptors (Lipinski definition) is 4. The van der Waals surface area contributed by atoms with E-state index in [4.69, 9.17) is 5.26 Å². The lowest BCUT2D eigenvalue weighted by Crippen LogP contribution is -2.10. The summed E-state index contributed by atoms with van der Waals surface area (Å²) < 4.78 is 4.56. The minimum Gasteiger partial charge on any atom is -0.364 e. The van der Waals surface area contributed by atoms with Gasteiger partial charge < -0.3 is 9.84 Å². The van der Waals surface area contributed by atoms with Crippen molar-refractivity contribution in [3.05, 3.63) is 47.9 Å². The van der Waals surface area contributed by atoms with Crippen LogP contribution in [0.1, 0.15) is 15.9 Å². The Hall–Kier alpha value is -2.61. The van der Waals surface area contributed by atoms with E-state index in [1.165, 1.54) is 12.5 Å². The van der Waals surface area contributed by atoms with Gasteiger partial charge in [-0.3, -0.25) is 4.79 Å². The van der Waals surface area contributed by atoms with E-state index < -0.39 is 0 Å². The molecule has 1 heterocycles. The lowest BCUT2D eigenvalue weighted by atomic mass is 10.2. The molecule has 1 N–H and O–H groups in total. The van der Waals surface area contributed by atoms with Gasteiger partial charge in [-0.1, -0.05) is 11.2 Å². The van der Waals surface area contributed by atoms with Crippen molar-refractivity contribution in [2.75, 3.05) is 5.32 Å². The molecule has 16 heavy (non-hydrogen) atoms. The second-order valence-electron chi connectivity index (χ2n) is 3.06. The Labute approximate surface area is 91.3 Å². The highest BCUT2D eigenvalue weighted by atomic mass is 16.5. The first-order valence-electron chi connectivity index (χ1n) is 4.50. The van der Waals surface area contributed by atoms with Gasteiger partial charge in [-0.05, 0) is 18.2 Å². The van der Waals surface area contributed by atoms with Crippen LogP contribution in [0.4, 0.5) is 5.69 Å². The van der Waals surface area contributed by atoms with Crippen LogP contribution in [0.15, 0.2) is 41.2 Å². The van der Waals surface area contributed by atoms with E-state index in [0.29, 0.717) is 16.8 Å². The molecule has 1 aromatic carbocycles. The number of nitrogens with one attached hydrogen (secondary N) is 1. The predicted molar refractivity (Wildman–Crippen MR) is 55.6 cm³/mol. The van der Waals surface area contributed by atoms with Crippen molar-refractivity contribution in [3.63, 3.8) is 0 Å². The molecule has 0 aliphatic carbocycles. The quantitative estimate of drug-likeness (QED) is 0.824. The number of anilines is 1. The van der Waals surface area contributed by atoms with Crippen molar-refractivity contribution in [2.45, 2.75) is 0 Å². The fraction of sp³-hybridized carbons (Fsp3) is 0. The largest absolute Gasteiger partial charge is 0.364 e. The molecule has 0 fully saturated rings. The van der Waals surface area contributed by atoms with Gasteiger partial charge in [-0.25, -0.2) is 0 Å². The maximum Gasteiger partial charge on any atom is 0.260 e. The minimum atomic E-state index is -0.323. The summed E-state index contributed by atoms with van der Waals surface area (Å²) in [7, 11) is 0. The average molecular weight is 213 g/mol. The van der Waals surface area contributed by atoms with Crippen molar-refractivity contribution in [1.82, 2.24) is 5.16 Å². The van der Waals surface area contributed by atoms with E-state index in [2.05, 4.69) is 15.0 Å². The number of benzene rings is 1. The third kappa shape index (κ3) is 2.07. The van der Waals surface area contributed by atoms with Crippen molar-refractivity contribution in [1.29, 1.82) is 5.26 Å². The molecule has 0 aliphatic rings. The first-order chi connectivity index (χ1) is 7.79. The Morgan fingerprint density at radius 1 is 1.50 bits per heavy atom. The number of nitriles is 1. The Balaban J connectivity index is 2.16. The number of aromatic nitrogens is 1. The molecule has 1 aromatic heterocycles. The number of carbonyl (C=O) groups excluding carboxylic acids is 1. The Bertz CT molecular complexity index is 541.